The van der Waals surface area contributed by atoms with Crippen LogP contribution >= 0.6 is 0 Å². The molecule has 0 fully saturated rings. The topological polar surface area (TPSA) is 74.7 Å². The largest absolute Gasteiger partial charge is 0.396 e. The van der Waals surface area contributed by atoms with Crippen molar-refractivity contribution in [2.45, 2.75) is 20.4 Å². The molecule has 0 spiro atoms. The first-order valence-electron chi connectivity index (χ1n) is 6.18. The molecule has 0 atom stereocenters. The van der Waals surface area contributed by atoms with Gasteiger partial charge in [-0.1, -0.05) is 12.1 Å². The number of hydrogen-bond acceptors (Lipinski definition) is 4. The Hall–Kier alpha value is -2.61. The summed E-state index contributed by atoms with van der Waals surface area (Å²) in [5, 5.41) is 11.9. The third-order valence-electron chi connectivity index (χ3n) is 3.12. The molecule has 4 nitrogen and oxygen atoms in total. The van der Waals surface area contributed by atoms with Gasteiger partial charge in [0, 0.05) is 0 Å². The third-order valence-corrected chi connectivity index (χ3v) is 3.12. The van der Waals surface area contributed by atoms with E-state index in [1.54, 1.807) is 25.1 Å². The zero-order chi connectivity index (χ0) is 14.7. The van der Waals surface area contributed by atoms with Crippen molar-refractivity contribution in [3.63, 3.8) is 0 Å². The van der Waals surface area contributed by atoms with Gasteiger partial charge in [-0.05, 0) is 37.1 Å². The summed E-state index contributed by atoms with van der Waals surface area (Å²) in [7, 11) is 0. The molecule has 1 heterocycles. The number of benzene rings is 1. The fraction of sp³-hybridized carbons (Fsp3) is 0.200. The van der Waals surface area contributed by atoms with E-state index in [1.165, 1.54) is 0 Å². The summed E-state index contributed by atoms with van der Waals surface area (Å²) in [6, 6.07) is 9.05. The summed E-state index contributed by atoms with van der Waals surface area (Å²) in [6.07, 6.45) is 0. The second kappa shape index (κ2) is 5.57. The lowest BCUT2D eigenvalue weighted by Crippen LogP contribution is -2.06. The van der Waals surface area contributed by atoms with E-state index in [-0.39, 0.29) is 5.69 Å². The van der Waals surface area contributed by atoms with Gasteiger partial charge in [0.05, 0.1) is 23.6 Å². The van der Waals surface area contributed by atoms with Gasteiger partial charge in [-0.3, -0.25) is 0 Å². The van der Waals surface area contributed by atoms with Crippen LogP contribution in [0.4, 0.5) is 15.8 Å². The van der Waals surface area contributed by atoms with Gasteiger partial charge in [-0.25, -0.2) is 9.37 Å². The maximum atomic E-state index is 13.9. The number of halogens is 1. The molecule has 1 aromatic heterocycles. The molecule has 0 radical (unpaired) electrons. The summed E-state index contributed by atoms with van der Waals surface area (Å²) in [5.74, 6) is -0.461. The quantitative estimate of drug-likeness (QED) is 0.841. The molecule has 0 aliphatic rings. The van der Waals surface area contributed by atoms with E-state index in [2.05, 4.69) is 10.3 Å². The van der Waals surface area contributed by atoms with E-state index in [4.69, 9.17) is 11.0 Å². The van der Waals surface area contributed by atoms with Crippen LogP contribution in [0.1, 0.15) is 22.5 Å². The summed E-state index contributed by atoms with van der Waals surface area (Å²) < 4.78 is 13.9. The Bertz CT molecular complexity index is 689. The van der Waals surface area contributed by atoms with E-state index in [1.807, 2.05) is 19.1 Å². The number of rotatable bonds is 3. The second-order valence-corrected chi connectivity index (χ2v) is 4.59. The van der Waals surface area contributed by atoms with E-state index >= 15 is 0 Å². The molecule has 0 aliphatic carbocycles. The van der Waals surface area contributed by atoms with Gasteiger partial charge in [-0.2, -0.15) is 5.26 Å². The zero-order valence-electron chi connectivity index (χ0n) is 11.4. The average molecular weight is 270 g/mol. The van der Waals surface area contributed by atoms with Gasteiger partial charge in [0.1, 0.15) is 11.8 Å². The van der Waals surface area contributed by atoms with Crippen molar-refractivity contribution in [2.24, 2.45) is 0 Å². The lowest BCUT2D eigenvalue weighted by molar-refractivity contribution is 0.633. The third kappa shape index (κ3) is 2.69. The van der Waals surface area contributed by atoms with Crippen LogP contribution in [0, 0.1) is 31.0 Å². The smallest absolute Gasteiger partial charge is 0.169 e. The van der Waals surface area contributed by atoms with Crippen LogP contribution in [0.3, 0.4) is 0 Å². The SMILES string of the molecule is Cc1ccc(CNc2ccc(C)c(N)c2F)nc1C#N. The molecule has 3 N–H and O–H groups in total. The molecule has 5 heteroatoms. The minimum Gasteiger partial charge on any atom is -0.396 e. The molecule has 2 aromatic rings. The first kappa shape index (κ1) is 13.8. The van der Waals surface area contributed by atoms with E-state index < -0.39 is 5.82 Å². The van der Waals surface area contributed by atoms with Crippen LogP contribution in [-0.4, -0.2) is 4.98 Å². The zero-order valence-corrected chi connectivity index (χ0v) is 11.4. The molecular formula is C15H15FN4. The predicted octanol–water partition coefficient (Wildman–Crippen LogP) is 2.90. The Labute approximate surface area is 117 Å². The van der Waals surface area contributed by atoms with Crippen LogP contribution in [-0.2, 0) is 6.54 Å². The van der Waals surface area contributed by atoms with Gasteiger partial charge in [0.25, 0.3) is 0 Å². The van der Waals surface area contributed by atoms with Crippen molar-refractivity contribution in [1.29, 1.82) is 5.26 Å². The minimum atomic E-state index is -0.461. The minimum absolute atomic E-state index is 0.143. The number of anilines is 2. The fourth-order valence-corrected chi connectivity index (χ4v) is 1.79. The Balaban J connectivity index is 2.17. The molecule has 0 saturated carbocycles. The monoisotopic (exact) mass is 270 g/mol. The van der Waals surface area contributed by atoms with Gasteiger partial charge in [0.2, 0.25) is 0 Å². The number of nitrogens with one attached hydrogen (secondary N) is 1. The number of hydrogen-bond donors (Lipinski definition) is 2. The van der Waals surface area contributed by atoms with Gasteiger partial charge >= 0.3 is 0 Å². The maximum Gasteiger partial charge on any atom is 0.169 e. The molecule has 0 bridgehead atoms. The average Bonchev–Trinajstić information content (AvgIpc) is 2.45. The standard InChI is InChI=1S/C15H15FN4/c1-9-3-5-11(20-13(9)7-17)8-19-12-6-4-10(2)15(18)14(12)16/h3-6,19H,8,18H2,1-2H3. The van der Waals surface area contributed by atoms with Crippen LogP contribution in [0.25, 0.3) is 0 Å². The second-order valence-electron chi connectivity index (χ2n) is 4.59. The summed E-state index contributed by atoms with van der Waals surface area (Å²) >= 11 is 0. The van der Waals surface area contributed by atoms with E-state index in [9.17, 15) is 4.39 Å². The van der Waals surface area contributed by atoms with Crippen molar-refractivity contribution in [2.75, 3.05) is 11.1 Å². The predicted molar refractivity (Wildman–Crippen MR) is 76.6 cm³/mol. The molecule has 0 unspecified atom stereocenters. The van der Waals surface area contributed by atoms with Crippen LogP contribution in [0.15, 0.2) is 24.3 Å². The van der Waals surface area contributed by atoms with Gasteiger partial charge in [-0.15, -0.1) is 0 Å². The normalized spacial score (nSPS) is 10.1. The molecule has 102 valence electrons. The Morgan fingerprint density at radius 3 is 2.65 bits per heavy atom. The molecule has 1 aromatic carbocycles. The maximum absolute atomic E-state index is 13.9. The van der Waals surface area contributed by atoms with Crippen LogP contribution in [0.2, 0.25) is 0 Å². The summed E-state index contributed by atoms with van der Waals surface area (Å²) in [5.41, 5.74) is 8.69. The highest BCUT2D eigenvalue weighted by Gasteiger charge is 2.08. The lowest BCUT2D eigenvalue weighted by atomic mass is 10.1. The Morgan fingerprint density at radius 1 is 1.25 bits per heavy atom. The number of aryl methyl sites for hydroxylation is 2. The van der Waals surface area contributed by atoms with Crippen LogP contribution in [0.5, 0.6) is 0 Å². The van der Waals surface area contributed by atoms with E-state index in [0.717, 1.165) is 5.56 Å². The molecular weight excluding hydrogens is 255 g/mol. The van der Waals surface area contributed by atoms with Gasteiger partial charge < -0.3 is 11.1 Å². The highest BCUT2D eigenvalue weighted by Crippen LogP contribution is 2.23. The Kier molecular flexibility index (Phi) is 3.85. The summed E-state index contributed by atoms with van der Waals surface area (Å²) in [4.78, 5) is 4.20. The number of nitrogen functional groups attached to an aromatic ring is 1. The first-order chi connectivity index (χ1) is 9.52. The molecule has 0 aliphatic heterocycles. The van der Waals surface area contributed by atoms with Crippen molar-refractivity contribution >= 4 is 11.4 Å². The highest BCUT2D eigenvalue weighted by molar-refractivity contribution is 5.60. The number of aromatic nitrogens is 1. The lowest BCUT2D eigenvalue weighted by Gasteiger charge is -2.10. The van der Waals surface area contributed by atoms with Crippen molar-refractivity contribution in [3.05, 3.63) is 52.6 Å². The highest BCUT2D eigenvalue weighted by atomic mass is 19.1. The Morgan fingerprint density at radius 2 is 1.95 bits per heavy atom. The number of pyridine rings is 1. The number of nitrogens with zero attached hydrogens (tertiary/aromatic N) is 2. The molecule has 0 amide bonds. The van der Waals surface area contributed by atoms with Crippen LogP contribution < -0.4 is 11.1 Å². The van der Waals surface area contributed by atoms with Crippen molar-refractivity contribution in [1.82, 2.24) is 4.98 Å². The molecule has 20 heavy (non-hydrogen) atoms. The van der Waals surface area contributed by atoms with E-state index in [0.29, 0.717) is 29.2 Å². The van der Waals surface area contributed by atoms with Crippen molar-refractivity contribution in [3.8, 4) is 6.07 Å². The number of nitriles is 1. The summed E-state index contributed by atoms with van der Waals surface area (Å²) in [6.45, 7) is 3.90. The first-order valence-corrected chi connectivity index (χ1v) is 6.18. The fourth-order valence-electron chi connectivity index (χ4n) is 1.79. The number of nitrogens with two attached hydrogens (primary N) is 1. The molecule has 2 rings (SSSR count). The molecule has 0 saturated heterocycles. The van der Waals surface area contributed by atoms with Gasteiger partial charge in [0.15, 0.2) is 5.82 Å². The van der Waals surface area contributed by atoms with Crippen molar-refractivity contribution < 1.29 is 4.39 Å².